The van der Waals surface area contributed by atoms with E-state index in [1.54, 1.807) is 14.1 Å². The van der Waals surface area contributed by atoms with Crippen molar-refractivity contribution in [2.45, 2.75) is 19.3 Å². The van der Waals surface area contributed by atoms with Gasteiger partial charge in [0.05, 0.1) is 6.07 Å². The van der Waals surface area contributed by atoms with Crippen LogP contribution in [-0.4, -0.2) is 24.9 Å². The van der Waals surface area contributed by atoms with Crippen molar-refractivity contribution in [2.75, 3.05) is 14.1 Å². The summed E-state index contributed by atoms with van der Waals surface area (Å²) in [7, 11) is 3.39. The Kier molecular flexibility index (Phi) is 1.86. The summed E-state index contributed by atoms with van der Waals surface area (Å²) in [4.78, 5) is 12.9. The highest BCUT2D eigenvalue weighted by molar-refractivity contribution is 5.85. The first-order valence-corrected chi connectivity index (χ1v) is 3.75. The van der Waals surface area contributed by atoms with Crippen LogP contribution in [-0.2, 0) is 4.79 Å². The molecule has 0 radical (unpaired) electrons. The topological polar surface area (TPSA) is 44.1 Å². The molecular formula is C8H12N2O. The summed E-state index contributed by atoms with van der Waals surface area (Å²) in [5.74, 6) is -0.0359. The third-order valence-electron chi connectivity index (χ3n) is 2.24. The van der Waals surface area contributed by atoms with Crippen LogP contribution in [0.15, 0.2) is 0 Å². The zero-order valence-corrected chi connectivity index (χ0v) is 6.92. The molecule has 0 spiro atoms. The molecule has 0 atom stereocenters. The third-order valence-corrected chi connectivity index (χ3v) is 2.24. The van der Waals surface area contributed by atoms with Gasteiger partial charge in [0, 0.05) is 14.1 Å². The van der Waals surface area contributed by atoms with Crippen molar-refractivity contribution in [1.29, 1.82) is 5.26 Å². The fraction of sp³-hybridized carbons (Fsp3) is 0.750. The first kappa shape index (κ1) is 8.06. The van der Waals surface area contributed by atoms with Gasteiger partial charge in [-0.3, -0.25) is 4.79 Å². The molecule has 1 rings (SSSR count). The minimum absolute atomic E-state index is 0.0359. The largest absolute Gasteiger partial charge is 0.347 e. The van der Waals surface area contributed by atoms with Gasteiger partial charge in [0.25, 0.3) is 0 Å². The van der Waals surface area contributed by atoms with Gasteiger partial charge in [-0.15, -0.1) is 0 Å². The molecule has 1 aliphatic carbocycles. The van der Waals surface area contributed by atoms with Gasteiger partial charge in [-0.05, 0) is 19.3 Å². The Labute approximate surface area is 66.6 Å². The number of amides is 1. The Morgan fingerprint density at radius 2 is 2.09 bits per heavy atom. The van der Waals surface area contributed by atoms with Crippen molar-refractivity contribution in [3.8, 4) is 6.07 Å². The standard InChI is InChI=1S/C8H12N2O/c1-10(2)7(11)8(6-9)4-3-5-8/h3-5H2,1-2H3. The maximum Gasteiger partial charge on any atom is 0.242 e. The molecule has 0 aliphatic heterocycles. The summed E-state index contributed by atoms with van der Waals surface area (Å²) in [5.41, 5.74) is -0.663. The molecule has 11 heavy (non-hydrogen) atoms. The van der Waals surface area contributed by atoms with Crippen molar-refractivity contribution in [3.05, 3.63) is 0 Å². The van der Waals surface area contributed by atoms with Gasteiger partial charge in [-0.25, -0.2) is 0 Å². The molecule has 1 fully saturated rings. The van der Waals surface area contributed by atoms with E-state index in [4.69, 9.17) is 5.26 Å². The van der Waals surface area contributed by atoms with E-state index in [9.17, 15) is 4.79 Å². The lowest BCUT2D eigenvalue weighted by Crippen LogP contribution is -2.43. The van der Waals surface area contributed by atoms with Crippen LogP contribution in [0.4, 0.5) is 0 Å². The van der Waals surface area contributed by atoms with Crippen molar-refractivity contribution in [2.24, 2.45) is 5.41 Å². The number of carbonyl (C=O) groups is 1. The Morgan fingerprint density at radius 3 is 2.18 bits per heavy atom. The summed E-state index contributed by atoms with van der Waals surface area (Å²) in [6.45, 7) is 0. The maximum absolute atomic E-state index is 11.4. The second kappa shape index (κ2) is 2.54. The fourth-order valence-electron chi connectivity index (χ4n) is 1.33. The fourth-order valence-corrected chi connectivity index (χ4v) is 1.33. The van der Waals surface area contributed by atoms with Crippen LogP contribution < -0.4 is 0 Å². The normalized spacial score (nSPS) is 19.7. The van der Waals surface area contributed by atoms with Crippen LogP contribution in [0, 0.1) is 16.7 Å². The molecule has 0 aromatic heterocycles. The molecule has 0 aromatic carbocycles. The number of hydrogen-bond acceptors (Lipinski definition) is 2. The van der Waals surface area contributed by atoms with Crippen molar-refractivity contribution in [1.82, 2.24) is 4.90 Å². The quantitative estimate of drug-likeness (QED) is 0.557. The summed E-state index contributed by atoms with van der Waals surface area (Å²) < 4.78 is 0. The van der Waals surface area contributed by atoms with Crippen LogP contribution in [0.25, 0.3) is 0 Å². The van der Waals surface area contributed by atoms with Gasteiger partial charge in [0.15, 0.2) is 0 Å². The van der Waals surface area contributed by atoms with E-state index in [2.05, 4.69) is 6.07 Å². The average Bonchev–Trinajstić information content (AvgIpc) is 1.86. The van der Waals surface area contributed by atoms with Crippen molar-refractivity contribution >= 4 is 5.91 Å². The van der Waals surface area contributed by atoms with Crippen molar-refractivity contribution < 1.29 is 4.79 Å². The highest BCUT2D eigenvalue weighted by Crippen LogP contribution is 2.41. The van der Waals surface area contributed by atoms with E-state index in [1.807, 2.05) is 0 Å². The minimum atomic E-state index is -0.663. The monoisotopic (exact) mass is 152 g/mol. The van der Waals surface area contributed by atoms with Crippen LogP contribution in [0.1, 0.15) is 19.3 Å². The maximum atomic E-state index is 11.4. The van der Waals surface area contributed by atoms with E-state index in [1.165, 1.54) is 4.90 Å². The Morgan fingerprint density at radius 1 is 1.55 bits per heavy atom. The zero-order chi connectivity index (χ0) is 8.48. The summed E-state index contributed by atoms with van der Waals surface area (Å²) in [5, 5.41) is 8.76. The number of rotatable bonds is 1. The van der Waals surface area contributed by atoms with Gasteiger partial charge in [0.1, 0.15) is 5.41 Å². The predicted octanol–water partition coefficient (Wildman–Crippen LogP) is 0.768. The van der Waals surface area contributed by atoms with E-state index in [-0.39, 0.29) is 5.91 Å². The van der Waals surface area contributed by atoms with Gasteiger partial charge in [-0.2, -0.15) is 5.26 Å². The number of nitrogens with zero attached hydrogens (tertiary/aromatic N) is 2. The summed E-state index contributed by atoms with van der Waals surface area (Å²) >= 11 is 0. The number of nitriles is 1. The third kappa shape index (κ3) is 1.09. The lowest BCUT2D eigenvalue weighted by atomic mass is 9.69. The average molecular weight is 152 g/mol. The van der Waals surface area contributed by atoms with Gasteiger partial charge in [0.2, 0.25) is 5.91 Å². The van der Waals surface area contributed by atoms with Crippen LogP contribution in [0.5, 0.6) is 0 Å². The Hall–Kier alpha value is -1.04. The SMILES string of the molecule is CN(C)C(=O)C1(C#N)CCC1. The first-order chi connectivity index (χ1) is 5.12. The first-order valence-electron chi connectivity index (χ1n) is 3.75. The number of hydrogen-bond donors (Lipinski definition) is 0. The van der Waals surface area contributed by atoms with Crippen LogP contribution >= 0.6 is 0 Å². The van der Waals surface area contributed by atoms with E-state index >= 15 is 0 Å². The van der Waals surface area contributed by atoms with Crippen LogP contribution in [0.2, 0.25) is 0 Å². The minimum Gasteiger partial charge on any atom is -0.347 e. The summed E-state index contributed by atoms with van der Waals surface area (Å²) in [6, 6.07) is 2.10. The zero-order valence-electron chi connectivity index (χ0n) is 6.92. The smallest absolute Gasteiger partial charge is 0.242 e. The van der Waals surface area contributed by atoms with E-state index in [0.717, 1.165) is 19.3 Å². The molecule has 0 unspecified atom stereocenters. The molecule has 3 heteroatoms. The summed E-state index contributed by atoms with van der Waals surface area (Å²) in [6.07, 6.45) is 2.48. The van der Waals surface area contributed by atoms with Crippen LogP contribution in [0.3, 0.4) is 0 Å². The molecule has 1 saturated carbocycles. The number of carbonyl (C=O) groups excluding carboxylic acids is 1. The molecule has 3 nitrogen and oxygen atoms in total. The second-order valence-electron chi connectivity index (χ2n) is 3.25. The van der Waals surface area contributed by atoms with Gasteiger partial charge < -0.3 is 4.90 Å². The Balaban J connectivity index is 2.72. The van der Waals surface area contributed by atoms with Crippen molar-refractivity contribution in [3.63, 3.8) is 0 Å². The molecule has 0 N–H and O–H groups in total. The molecule has 60 valence electrons. The Bertz CT molecular complexity index is 211. The molecule has 1 aliphatic rings. The molecule has 0 heterocycles. The molecule has 1 amide bonds. The van der Waals surface area contributed by atoms with E-state index < -0.39 is 5.41 Å². The van der Waals surface area contributed by atoms with Gasteiger partial charge >= 0.3 is 0 Å². The molecule has 0 saturated heterocycles. The second-order valence-corrected chi connectivity index (χ2v) is 3.25. The highest BCUT2D eigenvalue weighted by atomic mass is 16.2. The molecular weight excluding hydrogens is 140 g/mol. The van der Waals surface area contributed by atoms with Gasteiger partial charge in [-0.1, -0.05) is 0 Å². The molecule has 0 bridgehead atoms. The van der Waals surface area contributed by atoms with E-state index in [0.29, 0.717) is 0 Å². The lowest BCUT2D eigenvalue weighted by molar-refractivity contribution is -0.140. The predicted molar refractivity (Wildman–Crippen MR) is 40.6 cm³/mol. The molecule has 0 aromatic rings. The lowest BCUT2D eigenvalue weighted by Gasteiger charge is -2.35. The highest BCUT2D eigenvalue weighted by Gasteiger charge is 2.45.